The number of hydrogen-bond acceptors (Lipinski definition) is 2. The molecule has 2 aliphatic rings. The second-order valence-electron chi connectivity index (χ2n) is 4.08. The van der Waals surface area contributed by atoms with Crippen LogP contribution in [0.5, 0.6) is 0 Å². The van der Waals surface area contributed by atoms with Crippen LogP contribution in [0.3, 0.4) is 0 Å². The molecular formula is C11H16O2. The lowest BCUT2D eigenvalue weighted by atomic mass is 9.95. The van der Waals surface area contributed by atoms with Crippen LogP contribution in [0.4, 0.5) is 0 Å². The molecule has 1 saturated carbocycles. The first-order valence-corrected chi connectivity index (χ1v) is 5.13. The van der Waals surface area contributed by atoms with Gasteiger partial charge < -0.3 is 4.74 Å². The Morgan fingerprint density at radius 3 is 2.85 bits per heavy atom. The summed E-state index contributed by atoms with van der Waals surface area (Å²) in [7, 11) is 0. The monoisotopic (exact) mass is 180 g/mol. The number of allylic oxidation sites excluding steroid dienone is 2. The Kier molecular flexibility index (Phi) is 2.38. The molecule has 0 heterocycles. The summed E-state index contributed by atoms with van der Waals surface area (Å²) >= 11 is 0. The van der Waals surface area contributed by atoms with Gasteiger partial charge in [0.25, 0.3) is 0 Å². The lowest BCUT2D eigenvalue weighted by molar-refractivity contribution is -0.144. The minimum Gasteiger partial charge on any atom is -0.465 e. The molecule has 2 nitrogen and oxygen atoms in total. The summed E-state index contributed by atoms with van der Waals surface area (Å²) in [5.74, 6) is 2.00. The Morgan fingerprint density at radius 2 is 2.31 bits per heavy atom. The summed E-state index contributed by atoms with van der Waals surface area (Å²) < 4.78 is 5.15. The molecule has 72 valence electrons. The number of fused-ring (bicyclic) bond motifs is 2. The van der Waals surface area contributed by atoms with Gasteiger partial charge in [-0.2, -0.15) is 0 Å². The molecule has 2 bridgehead atoms. The maximum Gasteiger partial charge on any atom is 0.305 e. The highest BCUT2D eigenvalue weighted by molar-refractivity contribution is 5.68. The molecule has 0 N–H and O–H groups in total. The van der Waals surface area contributed by atoms with Gasteiger partial charge in [0.05, 0.1) is 6.61 Å². The van der Waals surface area contributed by atoms with E-state index < -0.39 is 0 Å². The van der Waals surface area contributed by atoms with Crippen molar-refractivity contribution in [2.45, 2.75) is 26.2 Å². The smallest absolute Gasteiger partial charge is 0.305 e. The van der Waals surface area contributed by atoms with E-state index in [0.29, 0.717) is 24.9 Å². The van der Waals surface area contributed by atoms with Gasteiger partial charge in [0.1, 0.15) is 0 Å². The van der Waals surface area contributed by atoms with Crippen LogP contribution < -0.4 is 0 Å². The van der Waals surface area contributed by atoms with Gasteiger partial charge in [-0.15, -0.1) is 0 Å². The van der Waals surface area contributed by atoms with Crippen LogP contribution in [0.2, 0.25) is 0 Å². The average Bonchev–Trinajstić information content (AvgIpc) is 2.74. The summed E-state index contributed by atoms with van der Waals surface area (Å²) in [6.07, 6.45) is 7.60. The van der Waals surface area contributed by atoms with Gasteiger partial charge in [-0.1, -0.05) is 19.1 Å². The van der Waals surface area contributed by atoms with E-state index >= 15 is 0 Å². The normalized spacial score (nSPS) is 35.3. The molecule has 0 aromatic rings. The van der Waals surface area contributed by atoms with Gasteiger partial charge >= 0.3 is 5.97 Å². The van der Waals surface area contributed by atoms with Gasteiger partial charge in [-0.25, -0.2) is 0 Å². The van der Waals surface area contributed by atoms with Crippen LogP contribution in [-0.4, -0.2) is 12.6 Å². The Labute approximate surface area is 79.0 Å². The van der Waals surface area contributed by atoms with Crippen LogP contribution in [0.25, 0.3) is 0 Å². The van der Waals surface area contributed by atoms with Crippen molar-refractivity contribution in [3.8, 4) is 0 Å². The van der Waals surface area contributed by atoms with E-state index in [4.69, 9.17) is 4.74 Å². The predicted octanol–water partition coefficient (Wildman–Crippen LogP) is 2.15. The molecule has 2 rings (SSSR count). The molecular weight excluding hydrogens is 164 g/mol. The number of carbonyl (C=O) groups excluding carboxylic acids is 1. The van der Waals surface area contributed by atoms with Crippen molar-refractivity contribution in [3.63, 3.8) is 0 Å². The summed E-state index contributed by atoms with van der Waals surface area (Å²) in [5, 5.41) is 0. The molecule has 0 radical (unpaired) electrons. The van der Waals surface area contributed by atoms with Crippen molar-refractivity contribution in [3.05, 3.63) is 12.2 Å². The van der Waals surface area contributed by atoms with Crippen LogP contribution in [-0.2, 0) is 9.53 Å². The second kappa shape index (κ2) is 3.52. The van der Waals surface area contributed by atoms with E-state index in [1.807, 2.05) is 6.92 Å². The minimum absolute atomic E-state index is 0.0632. The van der Waals surface area contributed by atoms with Gasteiger partial charge in [0.15, 0.2) is 0 Å². The maximum absolute atomic E-state index is 10.9. The van der Waals surface area contributed by atoms with Gasteiger partial charge in [0, 0.05) is 6.42 Å². The molecule has 0 spiro atoms. The molecule has 0 aliphatic heterocycles. The SMILES string of the molecule is CCC(=O)OC[C@H]1C[C@H]2C=C[C@H]1C2. The standard InChI is InChI=1S/C11H16O2/c1-2-11(12)13-7-10-6-8-3-4-9(10)5-8/h3-4,8-10H,2,5-7H2,1H3/t8-,9-,10+/m0/s1. The van der Waals surface area contributed by atoms with Crippen LogP contribution >= 0.6 is 0 Å². The predicted molar refractivity (Wildman–Crippen MR) is 50.1 cm³/mol. The largest absolute Gasteiger partial charge is 0.465 e. The van der Waals surface area contributed by atoms with Crippen LogP contribution in [0, 0.1) is 17.8 Å². The molecule has 0 aromatic heterocycles. The number of esters is 1. The van der Waals surface area contributed by atoms with E-state index in [1.54, 1.807) is 0 Å². The van der Waals surface area contributed by atoms with Crippen molar-refractivity contribution < 1.29 is 9.53 Å². The van der Waals surface area contributed by atoms with Crippen molar-refractivity contribution in [1.29, 1.82) is 0 Å². The molecule has 3 atom stereocenters. The molecule has 0 amide bonds. The van der Waals surface area contributed by atoms with Crippen molar-refractivity contribution in [2.24, 2.45) is 17.8 Å². The Balaban J connectivity index is 1.78. The molecule has 0 saturated heterocycles. The fourth-order valence-corrected chi connectivity index (χ4v) is 2.39. The lowest BCUT2D eigenvalue weighted by Crippen LogP contribution is -2.17. The summed E-state index contributed by atoms with van der Waals surface area (Å²) in [4.78, 5) is 10.9. The number of hydrogen-bond donors (Lipinski definition) is 0. The van der Waals surface area contributed by atoms with E-state index in [0.717, 1.165) is 5.92 Å². The molecule has 2 aliphatic carbocycles. The minimum atomic E-state index is -0.0632. The summed E-state index contributed by atoms with van der Waals surface area (Å²) in [6.45, 7) is 2.47. The highest BCUT2D eigenvalue weighted by Gasteiger charge is 2.35. The third kappa shape index (κ3) is 1.77. The van der Waals surface area contributed by atoms with E-state index in [2.05, 4.69) is 12.2 Å². The fraction of sp³-hybridized carbons (Fsp3) is 0.727. The van der Waals surface area contributed by atoms with Crippen LogP contribution in [0.1, 0.15) is 26.2 Å². The molecule has 2 heteroatoms. The van der Waals surface area contributed by atoms with Crippen molar-refractivity contribution in [2.75, 3.05) is 6.61 Å². The Bertz CT molecular complexity index is 232. The number of carbonyl (C=O) groups is 1. The zero-order valence-electron chi connectivity index (χ0n) is 8.03. The van der Waals surface area contributed by atoms with Gasteiger partial charge in [-0.05, 0) is 30.6 Å². The Hall–Kier alpha value is -0.790. The highest BCUT2D eigenvalue weighted by Crippen LogP contribution is 2.43. The lowest BCUT2D eigenvalue weighted by Gasteiger charge is -2.17. The molecule has 13 heavy (non-hydrogen) atoms. The summed E-state index contributed by atoms with van der Waals surface area (Å²) in [6, 6.07) is 0. The maximum atomic E-state index is 10.9. The third-order valence-corrected chi connectivity index (χ3v) is 3.16. The Morgan fingerprint density at radius 1 is 1.46 bits per heavy atom. The number of ether oxygens (including phenoxy) is 1. The zero-order valence-corrected chi connectivity index (χ0v) is 8.03. The van der Waals surface area contributed by atoms with Crippen LogP contribution in [0.15, 0.2) is 12.2 Å². The second-order valence-corrected chi connectivity index (χ2v) is 4.08. The number of rotatable bonds is 3. The van der Waals surface area contributed by atoms with Gasteiger partial charge in [-0.3, -0.25) is 4.79 Å². The first-order chi connectivity index (χ1) is 6.29. The topological polar surface area (TPSA) is 26.3 Å². The quantitative estimate of drug-likeness (QED) is 0.491. The first kappa shape index (κ1) is 8.79. The van der Waals surface area contributed by atoms with Crippen molar-refractivity contribution in [1.82, 2.24) is 0 Å². The summed E-state index contributed by atoms with van der Waals surface area (Å²) in [5.41, 5.74) is 0. The molecule has 0 unspecified atom stereocenters. The van der Waals surface area contributed by atoms with Gasteiger partial charge in [0.2, 0.25) is 0 Å². The van der Waals surface area contributed by atoms with E-state index in [9.17, 15) is 4.79 Å². The van der Waals surface area contributed by atoms with E-state index in [1.165, 1.54) is 12.8 Å². The fourth-order valence-electron chi connectivity index (χ4n) is 2.39. The van der Waals surface area contributed by atoms with Crippen molar-refractivity contribution >= 4 is 5.97 Å². The zero-order chi connectivity index (χ0) is 9.26. The molecule has 1 fully saturated rings. The highest BCUT2D eigenvalue weighted by atomic mass is 16.5. The first-order valence-electron chi connectivity index (χ1n) is 5.13. The molecule has 0 aromatic carbocycles. The van der Waals surface area contributed by atoms with E-state index in [-0.39, 0.29) is 5.97 Å². The third-order valence-electron chi connectivity index (χ3n) is 3.16. The average molecular weight is 180 g/mol.